The Hall–Kier alpha value is -0.680. The molecule has 0 spiro atoms. The zero-order valence-corrected chi connectivity index (χ0v) is 12.3. The second kappa shape index (κ2) is 6.66. The quantitative estimate of drug-likeness (QED) is 0.784. The van der Waals surface area contributed by atoms with Crippen LogP contribution in [-0.2, 0) is 4.08 Å². The van der Waals surface area contributed by atoms with Gasteiger partial charge in [-0.15, -0.1) is 23.5 Å². The van der Waals surface area contributed by atoms with Crippen LogP contribution in [0, 0.1) is 0 Å². The average molecular weight is 302 g/mol. The summed E-state index contributed by atoms with van der Waals surface area (Å²) in [5.41, 5.74) is 1.08. The van der Waals surface area contributed by atoms with Gasteiger partial charge in [0.2, 0.25) is 0 Å². The van der Waals surface area contributed by atoms with Crippen molar-refractivity contribution >= 4 is 23.5 Å². The number of benzene rings is 1. The van der Waals surface area contributed by atoms with Crippen LogP contribution in [0.2, 0.25) is 0 Å². The molecule has 0 N–H and O–H groups in total. The molecule has 1 aliphatic rings. The molecule has 104 valence electrons. The molecule has 0 amide bonds. The highest BCUT2D eigenvalue weighted by atomic mass is 32.2. The third kappa shape index (κ3) is 3.66. The van der Waals surface area contributed by atoms with Crippen molar-refractivity contribution in [3.63, 3.8) is 0 Å². The van der Waals surface area contributed by atoms with Gasteiger partial charge in [-0.2, -0.15) is 8.78 Å². The summed E-state index contributed by atoms with van der Waals surface area (Å²) in [6.07, 6.45) is 0.932. The Bertz CT molecular complexity index is 435. The van der Waals surface area contributed by atoms with Gasteiger partial charge in [0.1, 0.15) is 5.75 Å². The van der Waals surface area contributed by atoms with Crippen molar-refractivity contribution in [2.45, 2.75) is 16.9 Å². The van der Waals surface area contributed by atoms with Gasteiger partial charge >= 0.3 is 0 Å². The molecule has 5 heteroatoms. The van der Waals surface area contributed by atoms with Crippen LogP contribution in [-0.4, -0.2) is 18.6 Å². The van der Waals surface area contributed by atoms with Crippen LogP contribution >= 0.6 is 23.5 Å². The van der Waals surface area contributed by atoms with Crippen molar-refractivity contribution in [2.75, 3.05) is 18.6 Å². The molecule has 0 atom stereocenters. The summed E-state index contributed by atoms with van der Waals surface area (Å²) in [5, 5.41) is 0. The van der Waals surface area contributed by atoms with Crippen molar-refractivity contribution < 1.29 is 13.5 Å². The summed E-state index contributed by atoms with van der Waals surface area (Å²) in [7, 11) is 1.62. The van der Waals surface area contributed by atoms with Crippen molar-refractivity contribution in [3.8, 4) is 5.75 Å². The second-order valence-corrected chi connectivity index (χ2v) is 7.28. The van der Waals surface area contributed by atoms with Crippen LogP contribution in [0.15, 0.2) is 36.4 Å². The Balaban J connectivity index is 2.27. The van der Waals surface area contributed by atoms with Gasteiger partial charge in [0.15, 0.2) is 0 Å². The molecule has 0 aromatic heterocycles. The first-order chi connectivity index (χ1) is 9.16. The Morgan fingerprint density at radius 3 is 2.42 bits per heavy atom. The van der Waals surface area contributed by atoms with Crippen molar-refractivity contribution in [1.29, 1.82) is 0 Å². The molecule has 1 aromatic rings. The minimum atomic E-state index is -1.60. The number of rotatable bonds is 4. The van der Waals surface area contributed by atoms with E-state index in [-0.39, 0.29) is 4.08 Å². The Labute approximate surface area is 120 Å². The molecular formula is C14H16F2OS2. The van der Waals surface area contributed by atoms with E-state index in [1.807, 2.05) is 24.3 Å². The summed E-state index contributed by atoms with van der Waals surface area (Å²) in [6.45, 7) is 0. The maximum absolute atomic E-state index is 12.4. The Morgan fingerprint density at radius 2 is 1.89 bits per heavy atom. The summed E-state index contributed by atoms with van der Waals surface area (Å²) < 4.78 is 29.7. The molecule has 1 aliphatic heterocycles. The predicted octanol–water partition coefficient (Wildman–Crippen LogP) is 4.89. The molecule has 1 heterocycles. The first-order valence-corrected chi connectivity index (χ1v) is 8.07. The molecule has 19 heavy (non-hydrogen) atoms. The van der Waals surface area contributed by atoms with E-state index in [2.05, 4.69) is 0 Å². The smallest absolute Gasteiger partial charge is 0.266 e. The van der Waals surface area contributed by atoms with Gasteiger partial charge < -0.3 is 4.74 Å². The second-order valence-electron chi connectivity index (χ2n) is 4.23. The molecule has 0 saturated carbocycles. The van der Waals surface area contributed by atoms with Crippen LogP contribution in [0.1, 0.15) is 18.4 Å². The fourth-order valence-electron chi connectivity index (χ4n) is 2.03. The zero-order valence-electron chi connectivity index (χ0n) is 10.7. The van der Waals surface area contributed by atoms with Gasteiger partial charge in [-0.1, -0.05) is 12.1 Å². The lowest BCUT2D eigenvalue weighted by atomic mass is 10.1. The molecule has 0 radical (unpaired) electrons. The van der Waals surface area contributed by atoms with Gasteiger partial charge in [-0.3, -0.25) is 0 Å². The van der Waals surface area contributed by atoms with Gasteiger partial charge in [0.05, 0.1) is 11.2 Å². The highest BCUT2D eigenvalue weighted by Crippen LogP contribution is 2.53. The van der Waals surface area contributed by atoms with Crippen LogP contribution in [0.3, 0.4) is 0 Å². The first kappa shape index (κ1) is 14.7. The molecule has 1 fully saturated rings. The van der Waals surface area contributed by atoms with E-state index in [1.165, 1.54) is 0 Å². The first-order valence-electron chi connectivity index (χ1n) is 6.10. The SMILES string of the molecule is COc1ccc(C2(CC=C(F)F)SCCCS2)cc1. The van der Waals surface area contributed by atoms with Crippen LogP contribution in [0.4, 0.5) is 8.78 Å². The van der Waals surface area contributed by atoms with Gasteiger partial charge in [0.25, 0.3) is 6.08 Å². The van der Waals surface area contributed by atoms with Gasteiger partial charge in [-0.05, 0) is 48.1 Å². The number of allylic oxidation sites excluding steroid dienone is 1. The van der Waals surface area contributed by atoms with E-state index in [9.17, 15) is 8.78 Å². The van der Waals surface area contributed by atoms with Crippen molar-refractivity contribution in [1.82, 2.24) is 0 Å². The number of hydrogen-bond acceptors (Lipinski definition) is 3. The summed E-state index contributed by atoms with van der Waals surface area (Å²) in [4.78, 5) is 0. The normalized spacial score (nSPS) is 17.8. The summed E-state index contributed by atoms with van der Waals surface area (Å²) >= 11 is 3.53. The lowest BCUT2D eigenvalue weighted by Gasteiger charge is -2.35. The van der Waals surface area contributed by atoms with E-state index >= 15 is 0 Å². The Kier molecular flexibility index (Phi) is 5.16. The monoisotopic (exact) mass is 302 g/mol. The van der Waals surface area contributed by atoms with Crippen molar-refractivity contribution in [3.05, 3.63) is 42.0 Å². The molecule has 0 bridgehead atoms. The maximum atomic E-state index is 12.4. The number of ether oxygens (including phenoxy) is 1. The van der Waals surface area contributed by atoms with E-state index < -0.39 is 6.08 Å². The predicted molar refractivity (Wildman–Crippen MR) is 79.1 cm³/mol. The van der Waals surface area contributed by atoms with Gasteiger partial charge in [-0.25, -0.2) is 0 Å². The summed E-state index contributed by atoms with van der Waals surface area (Å²) in [6, 6.07) is 7.74. The molecule has 0 unspecified atom stereocenters. The van der Waals surface area contributed by atoms with Gasteiger partial charge in [0, 0.05) is 0 Å². The number of hydrogen-bond donors (Lipinski definition) is 0. The van der Waals surface area contributed by atoms with E-state index in [1.54, 1.807) is 30.6 Å². The molecule has 1 saturated heterocycles. The van der Waals surface area contributed by atoms with Crippen LogP contribution in [0.25, 0.3) is 0 Å². The molecule has 2 rings (SSSR count). The highest BCUT2D eigenvalue weighted by molar-refractivity contribution is 8.18. The third-order valence-corrected chi connectivity index (χ3v) is 6.44. The lowest BCUT2D eigenvalue weighted by Crippen LogP contribution is -2.22. The maximum Gasteiger partial charge on any atom is 0.266 e. The van der Waals surface area contributed by atoms with E-state index in [0.29, 0.717) is 6.42 Å². The highest BCUT2D eigenvalue weighted by Gasteiger charge is 2.34. The fraction of sp³-hybridized carbons (Fsp3) is 0.429. The average Bonchev–Trinajstić information content (AvgIpc) is 2.46. The number of methoxy groups -OCH3 is 1. The molecule has 0 aliphatic carbocycles. The molecule has 1 aromatic carbocycles. The minimum Gasteiger partial charge on any atom is -0.497 e. The number of thioether (sulfide) groups is 2. The van der Waals surface area contributed by atoms with Crippen molar-refractivity contribution in [2.24, 2.45) is 0 Å². The van der Waals surface area contributed by atoms with Crippen LogP contribution in [0.5, 0.6) is 5.75 Å². The third-order valence-electron chi connectivity index (χ3n) is 3.01. The van der Waals surface area contributed by atoms with Crippen LogP contribution < -0.4 is 4.74 Å². The molecule has 1 nitrogen and oxygen atoms in total. The van der Waals surface area contributed by atoms with E-state index in [0.717, 1.165) is 35.3 Å². The number of halogens is 2. The largest absolute Gasteiger partial charge is 0.497 e. The Morgan fingerprint density at radius 1 is 1.26 bits per heavy atom. The van der Waals surface area contributed by atoms with E-state index in [4.69, 9.17) is 4.74 Å². The lowest BCUT2D eigenvalue weighted by molar-refractivity contribution is 0.414. The summed E-state index contributed by atoms with van der Waals surface area (Å²) in [5.74, 6) is 2.82. The topological polar surface area (TPSA) is 9.23 Å². The standard InChI is InChI=1S/C14H16F2OS2/c1-17-12-5-3-11(4-6-12)14(8-7-13(15)16)18-9-2-10-19-14/h3-7H,2,8-10H2,1H3. The minimum absolute atomic E-state index is 0.284. The zero-order chi connectivity index (χ0) is 13.7. The molecular weight excluding hydrogens is 286 g/mol. The fourth-order valence-corrected chi connectivity index (χ4v) is 5.29.